The summed E-state index contributed by atoms with van der Waals surface area (Å²) in [6.07, 6.45) is 10.6. The zero-order valence-corrected chi connectivity index (χ0v) is 16.4. The number of hydrogen-bond donors (Lipinski definition) is 1. The molecule has 0 unspecified atom stereocenters. The Morgan fingerprint density at radius 3 is 2.81 bits per heavy atom. The number of aromatic nitrogens is 2. The number of rotatable bonds is 8. The number of piperidine rings is 2. The van der Waals surface area contributed by atoms with Gasteiger partial charge in [0, 0.05) is 58.9 Å². The number of ether oxygens (including phenoxy) is 1. The van der Waals surface area contributed by atoms with E-state index in [-0.39, 0.29) is 17.2 Å². The summed E-state index contributed by atoms with van der Waals surface area (Å²) in [6, 6.07) is 0. The molecule has 2 amide bonds. The van der Waals surface area contributed by atoms with Gasteiger partial charge in [0.15, 0.2) is 0 Å². The lowest BCUT2D eigenvalue weighted by Gasteiger charge is -2.47. The molecular formula is C20H32N4O3. The fourth-order valence-corrected chi connectivity index (χ4v) is 4.36. The Balaban J connectivity index is 1.43. The highest BCUT2D eigenvalue weighted by molar-refractivity contribution is 5.77. The molecule has 1 aromatic rings. The highest BCUT2D eigenvalue weighted by Gasteiger charge is 2.41. The normalized spacial score (nSPS) is 19.7. The van der Waals surface area contributed by atoms with Gasteiger partial charge in [-0.1, -0.05) is 0 Å². The van der Waals surface area contributed by atoms with Crippen LogP contribution in [-0.4, -0.2) is 71.7 Å². The molecule has 7 heteroatoms. The topological polar surface area (TPSA) is 78.5 Å². The minimum atomic E-state index is 0.203. The van der Waals surface area contributed by atoms with Crippen LogP contribution in [0, 0.1) is 5.41 Å². The number of methoxy groups -OCH3 is 1. The van der Waals surface area contributed by atoms with Gasteiger partial charge in [0.05, 0.1) is 6.20 Å². The molecule has 2 aliphatic heterocycles. The van der Waals surface area contributed by atoms with Gasteiger partial charge >= 0.3 is 0 Å². The van der Waals surface area contributed by atoms with Crippen LogP contribution >= 0.6 is 0 Å². The molecule has 3 rings (SSSR count). The molecule has 0 bridgehead atoms. The average Bonchev–Trinajstić information content (AvgIpc) is 3.19. The van der Waals surface area contributed by atoms with E-state index < -0.39 is 0 Å². The Labute approximate surface area is 161 Å². The zero-order valence-electron chi connectivity index (χ0n) is 16.4. The van der Waals surface area contributed by atoms with Crippen LogP contribution in [0.25, 0.3) is 0 Å². The average molecular weight is 377 g/mol. The van der Waals surface area contributed by atoms with Crippen molar-refractivity contribution in [1.82, 2.24) is 20.0 Å². The van der Waals surface area contributed by atoms with Crippen molar-refractivity contribution in [2.45, 2.75) is 51.4 Å². The van der Waals surface area contributed by atoms with E-state index in [0.717, 1.165) is 70.3 Å². The van der Waals surface area contributed by atoms with E-state index in [9.17, 15) is 9.59 Å². The number of amides is 2. The minimum Gasteiger partial charge on any atom is -0.385 e. The van der Waals surface area contributed by atoms with Crippen molar-refractivity contribution in [2.75, 3.05) is 39.9 Å². The Morgan fingerprint density at radius 2 is 2.11 bits per heavy atom. The SMILES string of the molecule is COCCCN1CC2(CCC1=O)CCN(C(=O)CCCc1cn[nH]c1)CC2. The third-order valence-electron chi connectivity index (χ3n) is 6.11. The number of likely N-dealkylation sites (tertiary alicyclic amines) is 2. The summed E-state index contributed by atoms with van der Waals surface area (Å²) < 4.78 is 5.11. The predicted octanol–water partition coefficient (Wildman–Crippen LogP) is 2.00. The van der Waals surface area contributed by atoms with E-state index in [2.05, 4.69) is 10.2 Å². The lowest BCUT2D eigenvalue weighted by Crippen LogP contribution is -2.52. The van der Waals surface area contributed by atoms with Crippen LogP contribution in [0.15, 0.2) is 12.4 Å². The van der Waals surface area contributed by atoms with Crippen LogP contribution in [-0.2, 0) is 20.7 Å². The summed E-state index contributed by atoms with van der Waals surface area (Å²) in [5.74, 6) is 0.534. The maximum absolute atomic E-state index is 12.5. The summed E-state index contributed by atoms with van der Waals surface area (Å²) in [4.78, 5) is 28.8. The Hall–Kier alpha value is -1.89. The van der Waals surface area contributed by atoms with Gasteiger partial charge in [0.2, 0.25) is 11.8 Å². The number of hydrogen-bond acceptors (Lipinski definition) is 4. The largest absolute Gasteiger partial charge is 0.385 e. The summed E-state index contributed by atoms with van der Waals surface area (Å²) in [6.45, 7) is 3.97. The lowest BCUT2D eigenvalue weighted by atomic mass is 9.72. The molecule has 2 saturated heterocycles. The number of H-pyrrole nitrogens is 1. The maximum atomic E-state index is 12.5. The smallest absolute Gasteiger partial charge is 0.222 e. The Morgan fingerprint density at radius 1 is 1.30 bits per heavy atom. The fraction of sp³-hybridized carbons (Fsp3) is 0.750. The predicted molar refractivity (Wildman–Crippen MR) is 102 cm³/mol. The van der Waals surface area contributed by atoms with Crippen LogP contribution in [0.5, 0.6) is 0 Å². The first-order chi connectivity index (χ1) is 13.1. The first-order valence-electron chi connectivity index (χ1n) is 10.1. The quantitative estimate of drug-likeness (QED) is 0.704. The monoisotopic (exact) mass is 376 g/mol. The van der Waals surface area contributed by atoms with E-state index in [1.165, 1.54) is 0 Å². The van der Waals surface area contributed by atoms with Crippen molar-refractivity contribution in [3.05, 3.63) is 18.0 Å². The number of nitrogens with one attached hydrogen (secondary N) is 1. The number of carbonyl (C=O) groups is 2. The van der Waals surface area contributed by atoms with Crippen LogP contribution in [0.4, 0.5) is 0 Å². The molecule has 0 aliphatic carbocycles. The molecule has 1 N–H and O–H groups in total. The van der Waals surface area contributed by atoms with Crippen molar-refractivity contribution >= 4 is 11.8 Å². The van der Waals surface area contributed by atoms with E-state index in [0.29, 0.717) is 19.4 Å². The standard InChI is InChI=1S/C20H32N4O3/c1-27-13-3-10-24-16-20(7-6-19(24)26)8-11-23(12-9-20)18(25)5-2-4-17-14-21-22-15-17/h14-15H,2-13,16H2,1H3,(H,21,22). The molecule has 27 heavy (non-hydrogen) atoms. The van der Waals surface area contributed by atoms with Gasteiger partial charge in [-0.25, -0.2) is 0 Å². The van der Waals surface area contributed by atoms with Crippen molar-refractivity contribution in [3.8, 4) is 0 Å². The van der Waals surface area contributed by atoms with Gasteiger partial charge < -0.3 is 14.5 Å². The number of aromatic amines is 1. The summed E-state index contributed by atoms with van der Waals surface area (Å²) in [5, 5.41) is 6.74. The second kappa shape index (κ2) is 9.35. The van der Waals surface area contributed by atoms with Crippen molar-refractivity contribution in [1.29, 1.82) is 0 Å². The van der Waals surface area contributed by atoms with Crippen LogP contribution in [0.3, 0.4) is 0 Å². The first kappa shape index (κ1) is 19.9. The minimum absolute atomic E-state index is 0.203. The number of nitrogens with zero attached hydrogens (tertiary/aromatic N) is 3. The van der Waals surface area contributed by atoms with E-state index >= 15 is 0 Å². The van der Waals surface area contributed by atoms with Gasteiger partial charge in [0.25, 0.3) is 0 Å². The van der Waals surface area contributed by atoms with Crippen LogP contribution in [0.1, 0.15) is 50.5 Å². The molecule has 150 valence electrons. The molecule has 3 heterocycles. The molecule has 1 spiro atoms. The van der Waals surface area contributed by atoms with Crippen molar-refractivity contribution in [2.24, 2.45) is 5.41 Å². The molecule has 7 nitrogen and oxygen atoms in total. The van der Waals surface area contributed by atoms with E-state index in [1.807, 2.05) is 22.2 Å². The Bertz CT molecular complexity index is 609. The number of aryl methyl sites for hydroxylation is 1. The third-order valence-corrected chi connectivity index (χ3v) is 6.11. The molecule has 2 fully saturated rings. The lowest BCUT2D eigenvalue weighted by molar-refractivity contribution is -0.142. The van der Waals surface area contributed by atoms with Gasteiger partial charge in [0.1, 0.15) is 0 Å². The van der Waals surface area contributed by atoms with Crippen LogP contribution in [0.2, 0.25) is 0 Å². The second-order valence-corrected chi connectivity index (χ2v) is 8.00. The van der Waals surface area contributed by atoms with Crippen molar-refractivity contribution in [3.63, 3.8) is 0 Å². The molecule has 0 aromatic carbocycles. The molecule has 1 aromatic heterocycles. The molecule has 0 saturated carbocycles. The summed E-state index contributed by atoms with van der Waals surface area (Å²) in [7, 11) is 1.70. The third kappa shape index (κ3) is 5.31. The highest BCUT2D eigenvalue weighted by Crippen LogP contribution is 2.40. The Kier molecular flexibility index (Phi) is 6.88. The fourth-order valence-electron chi connectivity index (χ4n) is 4.36. The zero-order chi connectivity index (χ0) is 19.1. The van der Waals surface area contributed by atoms with E-state index in [1.54, 1.807) is 7.11 Å². The molecule has 0 atom stereocenters. The second-order valence-electron chi connectivity index (χ2n) is 8.00. The molecule has 2 aliphatic rings. The molecular weight excluding hydrogens is 344 g/mol. The molecule has 0 radical (unpaired) electrons. The summed E-state index contributed by atoms with van der Waals surface area (Å²) >= 11 is 0. The maximum Gasteiger partial charge on any atom is 0.222 e. The van der Waals surface area contributed by atoms with Gasteiger partial charge in [-0.2, -0.15) is 5.10 Å². The van der Waals surface area contributed by atoms with Gasteiger partial charge in [-0.15, -0.1) is 0 Å². The van der Waals surface area contributed by atoms with Crippen LogP contribution < -0.4 is 0 Å². The van der Waals surface area contributed by atoms with E-state index in [4.69, 9.17) is 4.74 Å². The number of carbonyl (C=O) groups excluding carboxylic acids is 2. The first-order valence-corrected chi connectivity index (χ1v) is 10.1. The van der Waals surface area contributed by atoms with Crippen molar-refractivity contribution < 1.29 is 14.3 Å². The highest BCUT2D eigenvalue weighted by atomic mass is 16.5. The summed E-state index contributed by atoms with van der Waals surface area (Å²) in [5.41, 5.74) is 1.36. The van der Waals surface area contributed by atoms with Gasteiger partial charge in [-0.05, 0) is 49.5 Å². The van der Waals surface area contributed by atoms with Gasteiger partial charge in [-0.3, -0.25) is 14.7 Å².